The number of benzene rings is 2. The van der Waals surface area contributed by atoms with E-state index in [0.29, 0.717) is 32.4 Å². The molecule has 15 heteroatoms. The van der Waals surface area contributed by atoms with Crippen molar-refractivity contribution in [3.8, 4) is 0 Å². The van der Waals surface area contributed by atoms with Crippen molar-refractivity contribution in [3.63, 3.8) is 0 Å². The molecule has 1 fully saturated rings. The first-order valence-corrected chi connectivity index (χ1v) is 23.2. The van der Waals surface area contributed by atoms with Gasteiger partial charge in [-0.2, -0.15) is 0 Å². The number of nitrogens with zero attached hydrogens (tertiary/aromatic N) is 3. The molecule has 15 nitrogen and oxygen atoms in total. The highest BCUT2D eigenvalue weighted by Crippen LogP contribution is 2.31. The van der Waals surface area contributed by atoms with E-state index >= 15 is 0 Å². The normalized spacial score (nSPS) is 17.8. The number of imide groups is 1. The fourth-order valence-corrected chi connectivity index (χ4v) is 9.41. The molecule has 0 aromatic heterocycles. The van der Waals surface area contributed by atoms with Crippen LogP contribution in [0.15, 0.2) is 60.7 Å². The van der Waals surface area contributed by atoms with Gasteiger partial charge in [-0.05, 0) is 68.8 Å². The molecule has 1 saturated heterocycles. The molecular formula is C50H77N5O10. The number of likely N-dealkylation sites (N-methyl/N-ethyl adjacent to an activating group) is 2. The molecule has 3 rings (SSSR count). The van der Waals surface area contributed by atoms with Crippen molar-refractivity contribution in [3.05, 3.63) is 71.8 Å². The molecule has 1 aliphatic rings. The van der Waals surface area contributed by atoms with E-state index in [4.69, 9.17) is 19.3 Å². The predicted octanol–water partition coefficient (Wildman–Crippen LogP) is 5.34. The summed E-state index contributed by atoms with van der Waals surface area (Å²) in [5.41, 5.74) is 1.68. The van der Waals surface area contributed by atoms with E-state index in [1.54, 1.807) is 30.9 Å². The Morgan fingerprint density at radius 2 is 1.40 bits per heavy atom. The number of esters is 1. The topological polar surface area (TPSA) is 184 Å². The molecular weight excluding hydrogens is 831 g/mol. The molecule has 1 aliphatic heterocycles. The van der Waals surface area contributed by atoms with Crippen LogP contribution in [0.2, 0.25) is 0 Å². The van der Waals surface area contributed by atoms with Crippen molar-refractivity contribution in [2.24, 2.45) is 23.7 Å². The van der Waals surface area contributed by atoms with Crippen LogP contribution in [-0.4, -0.2) is 139 Å². The van der Waals surface area contributed by atoms with Crippen LogP contribution in [0, 0.1) is 23.7 Å². The maximum Gasteiger partial charge on any atom is 0.329 e. The highest BCUT2D eigenvalue weighted by atomic mass is 16.5. The average molecular weight is 908 g/mol. The van der Waals surface area contributed by atoms with Crippen molar-refractivity contribution in [2.45, 2.75) is 142 Å². The minimum absolute atomic E-state index is 0.00229. The van der Waals surface area contributed by atoms with Gasteiger partial charge in [0.1, 0.15) is 12.6 Å². The first-order chi connectivity index (χ1) is 30.9. The molecule has 0 radical (unpaired) electrons. The third-order valence-corrected chi connectivity index (χ3v) is 12.9. The van der Waals surface area contributed by atoms with Crippen LogP contribution < -0.4 is 10.6 Å². The predicted molar refractivity (Wildman–Crippen MR) is 249 cm³/mol. The lowest BCUT2D eigenvalue weighted by Gasteiger charge is -2.43. The summed E-state index contributed by atoms with van der Waals surface area (Å²) in [4.78, 5) is 86.5. The number of hydrogen-bond donors (Lipinski definition) is 3. The summed E-state index contributed by atoms with van der Waals surface area (Å²) in [6.07, 6.45) is 1.27. The van der Waals surface area contributed by atoms with Gasteiger partial charge in [0, 0.05) is 39.6 Å². The van der Waals surface area contributed by atoms with E-state index in [0.717, 1.165) is 17.5 Å². The quantitative estimate of drug-likeness (QED) is 0.0981. The van der Waals surface area contributed by atoms with E-state index in [1.165, 1.54) is 7.11 Å². The fraction of sp³-hybridized carbons (Fsp3) is 0.640. The fourth-order valence-electron chi connectivity index (χ4n) is 9.41. The molecule has 0 saturated carbocycles. The Bertz CT molecular complexity index is 1810. The molecule has 4 amide bonds. The second kappa shape index (κ2) is 27.1. The minimum Gasteiger partial charge on any atom is -0.481 e. The smallest absolute Gasteiger partial charge is 0.329 e. The van der Waals surface area contributed by atoms with Gasteiger partial charge < -0.3 is 29.5 Å². The molecule has 0 bridgehead atoms. The second-order valence-corrected chi connectivity index (χ2v) is 18.4. The van der Waals surface area contributed by atoms with Gasteiger partial charge in [-0.15, -0.1) is 0 Å². The van der Waals surface area contributed by atoms with Gasteiger partial charge in [0.05, 0.1) is 42.7 Å². The summed E-state index contributed by atoms with van der Waals surface area (Å²) >= 11 is 0. The van der Waals surface area contributed by atoms with Gasteiger partial charge in [-0.1, -0.05) is 116 Å². The third-order valence-electron chi connectivity index (χ3n) is 12.9. The number of rotatable bonds is 27. The Kier molecular flexibility index (Phi) is 22.7. The first-order valence-electron chi connectivity index (χ1n) is 23.2. The lowest BCUT2D eigenvalue weighted by Crippen LogP contribution is -2.60. The molecule has 2 aromatic carbocycles. The highest BCUT2D eigenvalue weighted by Gasteiger charge is 2.44. The van der Waals surface area contributed by atoms with Crippen molar-refractivity contribution >= 4 is 35.6 Å². The first kappa shape index (κ1) is 54.6. The van der Waals surface area contributed by atoms with Gasteiger partial charge in [0.2, 0.25) is 23.6 Å². The largest absolute Gasteiger partial charge is 0.481 e. The molecule has 65 heavy (non-hydrogen) atoms. The molecule has 3 N–H and O–H groups in total. The number of ether oxygens (including phenoxy) is 3. The minimum atomic E-state index is -0.963. The van der Waals surface area contributed by atoms with E-state index in [2.05, 4.69) is 17.6 Å². The summed E-state index contributed by atoms with van der Waals surface area (Å²) < 4.78 is 17.8. The number of carbonyl (C=O) groups excluding carboxylic acids is 5. The number of hydrogen-bond acceptors (Lipinski definition) is 11. The lowest BCUT2D eigenvalue weighted by atomic mass is 9.87. The van der Waals surface area contributed by atoms with Crippen LogP contribution in [0.3, 0.4) is 0 Å². The lowest BCUT2D eigenvalue weighted by molar-refractivity contribution is -0.150. The molecule has 362 valence electrons. The van der Waals surface area contributed by atoms with Gasteiger partial charge in [0.25, 0.3) is 0 Å². The second-order valence-electron chi connectivity index (χ2n) is 18.4. The summed E-state index contributed by atoms with van der Waals surface area (Å²) in [7, 11) is 6.68. The average Bonchev–Trinajstić information content (AvgIpc) is 3.75. The van der Waals surface area contributed by atoms with Gasteiger partial charge in [-0.3, -0.25) is 39.1 Å². The molecule has 2 aromatic rings. The monoisotopic (exact) mass is 908 g/mol. The van der Waals surface area contributed by atoms with Gasteiger partial charge >= 0.3 is 11.9 Å². The zero-order valence-corrected chi connectivity index (χ0v) is 40.7. The molecule has 0 aliphatic carbocycles. The number of carbonyl (C=O) groups is 6. The van der Waals surface area contributed by atoms with Crippen LogP contribution in [0.1, 0.15) is 98.1 Å². The third kappa shape index (κ3) is 16.0. The highest BCUT2D eigenvalue weighted by molar-refractivity contribution is 6.00. The number of amides is 4. The molecule has 0 unspecified atom stereocenters. The van der Waals surface area contributed by atoms with E-state index in [-0.39, 0.29) is 49.5 Å². The zero-order valence-electron chi connectivity index (χ0n) is 40.7. The summed E-state index contributed by atoms with van der Waals surface area (Å²) in [5, 5.41) is 14.7. The number of methoxy groups -OCH3 is 2. The summed E-state index contributed by atoms with van der Waals surface area (Å²) in [6.45, 7) is 14.3. The number of carboxylic acid groups (broad SMARTS) is 1. The van der Waals surface area contributed by atoms with E-state index < -0.39 is 78.0 Å². The van der Waals surface area contributed by atoms with Crippen LogP contribution in [0.4, 0.5) is 0 Å². The Balaban J connectivity index is 1.79. The molecule has 9 atom stereocenters. The van der Waals surface area contributed by atoms with Crippen LogP contribution >= 0.6 is 0 Å². The summed E-state index contributed by atoms with van der Waals surface area (Å²) in [6, 6.07) is 15.5. The Hall–Kier alpha value is -4.70. The Morgan fingerprint density at radius 1 is 0.815 bits per heavy atom. The van der Waals surface area contributed by atoms with Crippen LogP contribution in [0.5, 0.6) is 0 Å². The summed E-state index contributed by atoms with van der Waals surface area (Å²) in [5.74, 6) is -4.11. The van der Waals surface area contributed by atoms with E-state index in [9.17, 15) is 28.8 Å². The Labute approximate surface area is 387 Å². The van der Waals surface area contributed by atoms with Gasteiger partial charge in [-0.25, -0.2) is 4.79 Å². The van der Waals surface area contributed by atoms with Crippen LogP contribution in [-0.2, 0) is 56.0 Å². The zero-order chi connectivity index (χ0) is 48.4. The van der Waals surface area contributed by atoms with Crippen LogP contribution in [0.25, 0.3) is 0 Å². The van der Waals surface area contributed by atoms with Crippen molar-refractivity contribution in [1.29, 1.82) is 0 Å². The maximum atomic E-state index is 14.5. The van der Waals surface area contributed by atoms with Crippen molar-refractivity contribution in [2.75, 3.05) is 41.4 Å². The van der Waals surface area contributed by atoms with Gasteiger partial charge in [0.15, 0.2) is 0 Å². The maximum absolute atomic E-state index is 14.5. The number of nitrogens with one attached hydrogen (secondary N) is 2. The standard InChI is InChI=1S/C50H77N5O10/c1-12-34(6)45(54(9)44(33(4)5)49(61)52-48(60)43(32(2)3)53(8)27-20-26-42(57)58)40(63-10)30-41(56)55-28-19-25-39(55)46(64-11)35(7)47(59)51-38(29-36-21-15-13-16-22-36)50(62)65-31-37-23-17-14-18-24-37/h13-18,21-24,32-35,38-40,43-46H,12,19-20,25-31H2,1-11H3,(H,51,59)(H,57,58)(H,52,60,61)/t34-,35+,38-,39-,40+,43-,44-,45-,46+/m0/s1. The SMILES string of the molecule is CC[C@H](C)[C@@H]([C@@H](CC(=O)N1CCC[C@H]1[C@H](OC)[C@@H](C)C(=O)N[C@@H](Cc1ccccc1)C(=O)OCc1ccccc1)OC)N(C)[C@H](C(=O)NC(=O)[C@H](C(C)C)N(C)CCCC(=O)O)C(C)C. The van der Waals surface area contributed by atoms with E-state index in [1.807, 2.05) is 107 Å². The number of carboxylic acids is 1. The Morgan fingerprint density at radius 3 is 1.94 bits per heavy atom. The van der Waals surface area contributed by atoms with Crippen molar-refractivity contribution < 1.29 is 48.1 Å². The number of aliphatic carboxylic acids is 1. The molecule has 0 spiro atoms. The van der Waals surface area contributed by atoms with Crippen molar-refractivity contribution in [1.82, 2.24) is 25.3 Å². The number of likely N-dealkylation sites (tertiary alicyclic amines) is 1. The molecule has 1 heterocycles.